The Bertz CT molecular complexity index is 1100. The van der Waals surface area contributed by atoms with E-state index in [9.17, 15) is 14.4 Å². The molecule has 2 aliphatic heterocycles. The number of rotatable bonds is 5. The van der Waals surface area contributed by atoms with Crippen LogP contribution in [0.4, 0.5) is 5.13 Å². The quantitative estimate of drug-likeness (QED) is 0.604. The van der Waals surface area contributed by atoms with Gasteiger partial charge in [0, 0.05) is 44.2 Å². The van der Waals surface area contributed by atoms with Crippen molar-refractivity contribution in [2.75, 3.05) is 37.6 Å². The monoisotopic (exact) mass is 481 g/mol. The molecule has 2 fully saturated rings. The normalized spacial score (nSPS) is 19.3. The topological polar surface area (TPSA) is 86.7 Å². The Hall–Kier alpha value is -2.81. The molecule has 0 atom stereocenters. The van der Waals surface area contributed by atoms with Crippen molar-refractivity contribution in [2.45, 2.75) is 51.9 Å². The third-order valence-electron chi connectivity index (χ3n) is 6.99. The smallest absolute Gasteiger partial charge is 0.261 e. The second-order valence-corrected chi connectivity index (χ2v) is 10.9. The van der Waals surface area contributed by atoms with Crippen LogP contribution < -0.4 is 4.90 Å². The van der Waals surface area contributed by atoms with Crippen molar-refractivity contribution in [1.82, 2.24) is 20.0 Å². The first-order valence-corrected chi connectivity index (χ1v) is 13.1. The zero-order chi connectivity index (χ0) is 23.8. The van der Waals surface area contributed by atoms with Crippen LogP contribution in [0, 0.1) is 5.92 Å². The fraction of sp³-hybridized carbons (Fsp3) is 0.560. The minimum Gasteiger partial charge on any atom is -0.343 e. The lowest BCUT2D eigenvalue weighted by atomic mass is 9.90. The Morgan fingerprint density at radius 3 is 2.41 bits per heavy atom. The molecule has 9 heteroatoms. The summed E-state index contributed by atoms with van der Waals surface area (Å²) < 4.78 is 0. The lowest BCUT2D eigenvalue weighted by Crippen LogP contribution is -2.48. The van der Waals surface area contributed by atoms with Crippen molar-refractivity contribution in [3.63, 3.8) is 0 Å². The molecule has 0 radical (unpaired) electrons. The zero-order valence-electron chi connectivity index (χ0n) is 19.8. The van der Waals surface area contributed by atoms with E-state index in [2.05, 4.69) is 15.1 Å². The van der Waals surface area contributed by atoms with Crippen LogP contribution in [0.2, 0.25) is 0 Å². The van der Waals surface area contributed by atoms with E-state index in [-0.39, 0.29) is 23.6 Å². The molecule has 1 saturated heterocycles. The number of hydrogen-bond donors (Lipinski definition) is 0. The average molecular weight is 482 g/mol. The van der Waals surface area contributed by atoms with Crippen molar-refractivity contribution in [3.8, 4) is 0 Å². The highest BCUT2D eigenvalue weighted by Crippen LogP contribution is 2.36. The Labute approximate surface area is 203 Å². The Morgan fingerprint density at radius 1 is 1.00 bits per heavy atom. The lowest BCUT2D eigenvalue weighted by molar-refractivity contribution is 0.0635. The highest BCUT2D eigenvalue weighted by molar-refractivity contribution is 7.15. The third-order valence-corrected chi connectivity index (χ3v) is 8.13. The molecule has 3 heterocycles. The molecular weight excluding hydrogens is 450 g/mol. The fourth-order valence-corrected chi connectivity index (χ4v) is 6.17. The van der Waals surface area contributed by atoms with Gasteiger partial charge in [-0.15, -0.1) is 10.2 Å². The minimum atomic E-state index is -0.307. The molecule has 1 aromatic heterocycles. The molecule has 180 valence electrons. The third kappa shape index (κ3) is 4.33. The van der Waals surface area contributed by atoms with E-state index in [1.165, 1.54) is 37.0 Å². The number of carbonyl (C=O) groups excluding carboxylic acids is 3. The van der Waals surface area contributed by atoms with Gasteiger partial charge in [-0.1, -0.05) is 44.4 Å². The number of amides is 3. The molecule has 8 nitrogen and oxygen atoms in total. The number of aromatic nitrogens is 2. The standard InChI is InChI=1S/C25H31N5O3S/c1-16(2)15-30-23(32)19-9-8-18(14-20(19)24(30)33)22(31)28-10-12-29(13-11-28)25-27-26-21(34-25)17-6-4-3-5-7-17/h8-9,14,16-17H,3-7,10-13,15H2,1-2H3. The van der Waals surface area contributed by atoms with E-state index in [4.69, 9.17) is 0 Å². The maximum absolute atomic E-state index is 13.2. The molecule has 5 rings (SSSR count). The summed E-state index contributed by atoms with van der Waals surface area (Å²) in [7, 11) is 0. The van der Waals surface area contributed by atoms with Crippen molar-refractivity contribution >= 4 is 34.2 Å². The van der Waals surface area contributed by atoms with Crippen LogP contribution in [0.1, 0.15) is 88.0 Å². The average Bonchev–Trinajstić information content (AvgIpc) is 3.44. The summed E-state index contributed by atoms with van der Waals surface area (Å²) in [5.41, 5.74) is 1.17. The maximum Gasteiger partial charge on any atom is 0.261 e. The van der Waals surface area contributed by atoms with Gasteiger partial charge >= 0.3 is 0 Å². The highest BCUT2D eigenvalue weighted by atomic mass is 32.1. The fourth-order valence-electron chi connectivity index (χ4n) is 5.11. The van der Waals surface area contributed by atoms with Crippen LogP contribution in [0.3, 0.4) is 0 Å². The van der Waals surface area contributed by atoms with Gasteiger partial charge in [0.15, 0.2) is 0 Å². The number of imide groups is 1. The molecule has 3 amide bonds. The summed E-state index contributed by atoms with van der Waals surface area (Å²) in [6.07, 6.45) is 6.29. The highest BCUT2D eigenvalue weighted by Gasteiger charge is 2.36. The summed E-state index contributed by atoms with van der Waals surface area (Å²) in [5.74, 6) is 0.0504. The van der Waals surface area contributed by atoms with Gasteiger partial charge in [0.25, 0.3) is 17.7 Å². The SMILES string of the molecule is CC(C)CN1C(=O)c2ccc(C(=O)N3CCN(c4nnc(C5CCCCC5)s4)CC3)cc2C1=O. The first-order chi connectivity index (χ1) is 16.4. The Kier molecular flexibility index (Phi) is 6.38. The van der Waals surface area contributed by atoms with Crippen molar-refractivity contribution in [1.29, 1.82) is 0 Å². The molecule has 0 spiro atoms. The predicted molar refractivity (Wildman–Crippen MR) is 130 cm³/mol. The molecule has 1 saturated carbocycles. The molecule has 34 heavy (non-hydrogen) atoms. The van der Waals surface area contributed by atoms with Gasteiger partial charge in [0.1, 0.15) is 5.01 Å². The van der Waals surface area contributed by atoms with Crippen LogP contribution in [0.15, 0.2) is 18.2 Å². The van der Waals surface area contributed by atoms with E-state index in [0.717, 1.165) is 10.1 Å². The summed E-state index contributed by atoms with van der Waals surface area (Å²) in [6, 6.07) is 4.87. The van der Waals surface area contributed by atoms with Gasteiger partial charge < -0.3 is 9.80 Å². The van der Waals surface area contributed by atoms with Gasteiger partial charge in [-0.25, -0.2) is 0 Å². The summed E-state index contributed by atoms with van der Waals surface area (Å²) in [4.78, 5) is 43.8. The van der Waals surface area contributed by atoms with Gasteiger partial charge in [-0.3, -0.25) is 19.3 Å². The van der Waals surface area contributed by atoms with Gasteiger partial charge in [-0.2, -0.15) is 0 Å². The summed E-state index contributed by atoms with van der Waals surface area (Å²) >= 11 is 1.70. The maximum atomic E-state index is 13.2. The van der Waals surface area contributed by atoms with E-state index < -0.39 is 0 Å². The molecule has 0 N–H and O–H groups in total. The number of nitrogens with zero attached hydrogens (tertiary/aromatic N) is 5. The van der Waals surface area contributed by atoms with E-state index >= 15 is 0 Å². The number of hydrogen-bond acceptors (Lipinski definition) is 7. The molecular formula is C25H31N5O3S. The Morgan fingerprint density at radius 2 is 1.71 bits per heavy atom. The predicted octanol–water partition coefficient (Wildman–Crippen LogP) is 3.80. The van der Waals surface area contributed by atoms with Crippen molar-refractivity contribution in [2.24, 2.45) is 5.92 Å². The number of carbonyl (C=O) groups is 3. The summed E-state index contributed by atoms with van der Waals surface area (Å²) in [5, 5.41) is 11.0. The van der Waals surface area contributed by atoms with Crippen LogP contribution in [0.25, 0.3) is 0 Å². The molecule has 1 aliphatic carbocycles. The van der Waals surface area contributed by atoms with Crippen LogP contribution in [-0.2, 0) is 0 Å². The number of piperazine rings is 1. The van der Waals surface area contributed by atoms with E-state index in [1.54, 1.807) is 29.5 Å². The van der Waals surface area contributed by atoms with Crippen molar-refractivity contribution in [3.05, 3.63) is 39.9 Å². The lowest BCUT2D eigenvalue weighted by Gasteiger charge is -2.34. The van der Waals surface area contributed by atoms with Gasteiger partial charge in [0.2, 0.25) is 5.13 Å². The molecule has 0 bridgehead atoms. The zero-order valence-corrected chi connectivity index (χ0v) is 20.6. The van der Waals surface area contributed by atoms with E-state index in [0.29, 0.717) is 55.3 Å². The Balaban J connectivity index is 1.22. The molecule has 2 aromatic rings. The second kappa shape index (κ2) is 9.44. The van der Waals surface area contributed by atoms with Crippen LogP contribution in [0.5, 0.6) is 0 Å². The first-order valence-electron chi connectivity index (χ1n) is 12.3. The largest absolute Gasteiger partial charge is 0.343 e. The molecule has 3 aliphatic rings. The van der Waals surface area contributed by atoms with Gasteiger partial charge in [0.05, 0.1) is 11.1 Å². The van der Waals surface area contributed by atoms with Crippen LogP contribution in [-0.4, -0.2) is 70.4 Å². The number of benzene rings is 1. The van der Waals surface area contributed by atoms with Crippen LogP contribution >= 0.6 is 11.3 Å². The summed E-state index contributed by atoms with van der Waals surface area (Å²) in [6.45, 7) is 6.89. The second-order valence-electron chi connectivity index (χ2n) is 9.91. The molecule has 1 aromatic carbocycles. The van der Waals surface area contributed by atoms with Crippen molar-refractivity contribution < 1.29 is 14.4 Å². The number of fused-ring (bicyclic) bond motifs is 1. The van der Waals surface area contributed by atoms with E-state index in [1.807, 2.05) is 18.7 Å². The van der Waals surface area contributed by atoms with Gasteiger partial charge in [-0.05, 0) is 37.0 Å². The number of anilines is 1. The first kappa shape index (κ1) is 23.0. The minimum absolute atomic E-state index is 0.106. The molecule has 0 unspecified atom stereocenters.